The number of benzene rings is 1. The Kier molecular flexibility index (Phi) is 2.24. The van der Waals surface area contributed by atoms with Gasteiger partial charge in [-0.05, 0) is 6.92 Å². The molecule has 0 N–H and O–H groups in total. The van der Waals surface area contributed by atoms with Crippen molar-refractivity contribution in [1.29, 1.82) is 0 Å². The van der Waals surface area contributed by atoms with Crippen LogP contribution in [-0.4, -0.2) is 11.8 Å². The number of carboxylic acid groups (broad SMARTS) is 1. The maximum absolute atomic E-state index is 10.8. The molecule has 62 valence electrons. The lowest BCUT2D eigenvalue weighted by molar-refractivity contribution is -0.296. The Morgan fingerprint density at radius 1 is 1.17 bits per heavy atom. The highest BCUT2D eigenvalue weighted by Crippen LogP contribution is 2.03. The molecule has 12 heavy (non-hydrogen) atoms. The van der Waals surface area contributed by atoms with Crippen molar-refractivity contribution in [3.8, 4) is 0 Å². The van der Waals surface area contributed by atoms with Gasteiger partial charge in [-0.25, -0.2) is 0 Å². The van der Waals surface area contributed by atoms with Crippen LogP contribution < -0.4 is 5.11 Å². The van der Waals surface area contributed by atoms with Gasteiger partial charge in [0.15, 0.2) is 0 Å². The first-order valence-electron chi connectivity index (χ1n) is 3.43. The number of aryl methyl sites for hydroxylation is 1. The molecule has 0 saturated carbocycles. The largest absolute Gasteiger partial charge is 0.541 e. The van der Waals surface area contributed by atoms with Gasteiger partial charge >= 0.3 is 0 Å². The molecule has 0 amide bonds. The summed E-state index contributed by atoms with van der Waals surface area (Å²) in [5.74, 6) is -2.64. The molecular formula is C9H7O3-. The Hall–Kier alpha value is -1.64. The molecule has 3 heteroatoms. The summed E-state index contributed by atoms with van der Waals surface area (Å²) >= 11 is 0. The highest BCUT2D eigenvalue weighted by atomic mass is 16.4. The lowest BCUT2D eigenvalue weighted by Gasteiger charge is -2.00. The van der Waals surface area contributed by atoms with Crippen LogP contribution in [0.15, 0.2) is 24.3 Å². The van der Waals surface area contributed by atoms with Crippen LogP contribution in [0.1, 0.15) is 15.9 Å². The molecule has 0 unspecified atom stereocenters. The Labute approximate surface area is 69.6 Å². The number of ketones is 1. The number of rotatable bonds is 2. The molecule has 0 heterocycles. The van der Waals surface area contributed by atoms with Crippen molar-refractivity contribution in [2.45, 2.75) is 6.92 Å². The molecule has 0 fully saturated rings. The van der Waals surface area contributed by atoms with Crippen LogP contribution in [0, 0.1) is 6.92 Å². The van der Waals surface area contributed by atoms with E-state index in [1.165, 1.54) is 12.1 Å². The van der Waals surface area contributed by atoms with Crippen LogP contribution in [-0.2, 0) is 4.79 Å². The van der Waals surface area contributed by atoms with Gasteiger partial charge in [-0.2, -0.15) is 0 Å². The molecule has 0 radical (unpaired) electrons. The minimum Gasteiger partial charge on any atom is -0.541 e. The van der Waals surface area contributed by atoms with E-state index in [0.29, 0.717) is 0 Å². The van der Waals surface area contributed by atoms with Crippen molar-refractivity contribution in [1.82, 2.24) is 0 Å². The summed E-state index contributed by atoms with van der Waals surface area (Å²) in [6.07, 6.45) is 0. The molecule has 1 rings (SSSR count). The van der Waals surface area contributed by atoms with E-state index in [0.717, 1.165) is 5.56 Å². The van der Waals surface area contributed by atoms with E-state index in [9.17, 15) is 14.7 Å². The molecule has 0 spiro atoms. The van der Waals surface area contributed by atoms with Gasteiger partial charge in [0.1, 0.15) is 5.97 Å². The smallest absolute Gasteiger partial charge is 0.208 e. The Morgan fingerprint density at radius 2 is 1.67 bits per heavy atom. The van der Waals surface area contributed by atoms with Gasteiger partial charge in [-0.15, -0.1) is 0 Å². The lowest BCUT2D eigenvalue weighted by Crippen LogP contribution is -2.31. The molecule has 0 aliphatic heterocycles. The summed E-state index contributed by atoms with van der Waals surface area (Å²) in [6, 6.07) is 6.28. The van der Waals surface area contributed by atoms with E-state index >= 15 is 0 Å². The standard InChI is InChI=1S/C9H8O3/c1-6-2-4-7(5-3-6)8(10)9(11)12/h2-5H,1H3,(H,11,12)/p-1. The monoisotopic (exact) mass is 163 g/mol. The van der Waals surface area contributed by atoms with Gasteiger partial charge in [0, 0.05) is 5.56 Å². The number of carbonyl (C=O) groups is 2. The summed E-state index contributed by atoms with van der Waals surface area (Å²) < 4.78 is 0. The van der Waals surface area contributed by atoms with E-state index in [-0.39, 0.29) is 5.56 Å². The lowest BCUT2D eigenvalue weighted by atomic mass is 10.1. The van der Waals surface area contributed by atoms with Crippen LogP contribution in [0.4, 0.5) is 0 Å². The summed E-state index contributed by atoms with van der Waals surface area (Å²) in [7, 11) is 0. The van der Waals surface area contributed by atoms with Crippen molar-refractivity contribution < 1.29 is 14.7 Å². The first-order chi connectivity index (χ1) is 5.61. The number of aliphatic carboxylic acids is 1. The van der Waals surface area contributed by atoms with Gasteiger partial charge < -0.3 is 9.90 Å². The SMILES string of the molecule is Cc1ccc(C(=O)C(=O)[O-])cc1. The molecule has 0 aliphatic rings. The van der Waals surface area contributed by atoms with Crippen LogP contribution in [0.3, 0.4) is 0 Å². The fourth-order valence-electron chi connectivity index (χ4n) is 0.823. The van der Waals surface area contributed by atoms with Gasteiger partial charge in [0.25, 0.3) is 0 Å². The van der Waals surface area contributed by atoms with Crippen LogP contribution >= 0.6 is 0 Å². The molecule has 0 aromatic heterocycles. The predicted octanol–water partition coefficient (Wildman–Crippen LogP) is -0.0724. The molecule has 3 nitrogen and oxygen atoms in total. The minimum absolute atomic E-state index is 0.153. The minimum atomic E-state index is -1.67. The molecule has 0 saturated heterocycles. The van der Waals surface area contributed by atoms with Crippen molar-refractivity contribution >= 4 is 11.8 Å². The second-order valence-corrected chi connectivity index (χ2v) is 2.48. The van der Waals surface area contributed by atoms with Gasteiger partial charge in [0.2, 0.25) is 5.78 Å². The zero-order valence-electron chi connectivity index (χ0n) is 6.53. The number of hydrogen-bond acceptors (Lipinski definition) is 3. The third-order valence-electron chi connectivity index (χ3n) is 1.50. The van der Waals surface area contributed by atoms with Crippen molar-refractivity contribution in [3.05, 3.63) is 35.4 Å². The molecule has 1 aromatic rings. The quantitative estimate of drug-likeness (QED) is 0.453. The van der Waals surface area contributed by atoms with Crippen LogP contribution in [0.2, 0.25) is 0 Å². The third kappa shape index (κ3) is 1.69. The topological polar surface area (TPSA) is 57.2 Å². The third-order valence-corrected chi connectivity index (χ3v) is 1.50. The number of carboxylic acids is 1. The summed E-state index contributed by atoms with van der Waals surface area (Å²) in [5, 5.41) is 10.1. The van der Waals surface area contributed by atoms with Crippen LogP contribution in [0.25, 0.3) is 0 Å². The molecular weight excluding hydrogens is 156 g/mol. The van der Waals surface area contributed by atoms with Gasteiger partial charge in [-0.3, -0.25) is 4.79 Å². The highest BCUT2D eigenvalue weighted by Gasteiger charge is 2.04. The van der Waals surface area contributed by atoms with Gasteiger partial charge in [0.05, 0.1) is 0 Å². The number of Topliss-reactive ketones (excluding diaryl/α,β-unsaturated/α-hetero) is 1. The molecule has 1 aromatic carbocycles. The maximum atomic E-state index is 10.8. The zero-order chi connectivity index (χ0) is 9.14. The number of hydrogen-bond donors (Lipinski definition) is 0. The fraction of sp³-hybridized carbons (Fsp3) is 0.111. The maximum Gasteiger partial charge on any atom is 0.208 e. The Bertz CT molecular complexity index is 311. The van der Waals surface area contributed by atoms with E-state index in [4.69, 9.17) is 0 Å². The van der Waals surface area contributed by atoms with Gasteiger partial charge in [-0.1, -0.05) is 29.8 Å². The Morgan fingerprint density at radius 3 is 2.08 bits per heavy atom. The summed E-state index contributed by atoms with van der Waals surface area (Å²) in [6.45, 7) is 1.85. The zero-order valence-corrected chi connectivity index (χ0v) is 6.53. The second-order valence-electron chi connectivity index (χ2n) is 2.48. The normalized spacial score (nSPS) is 9.42. The second kappa shape index (κ2) is 3.17. The fourth-order valence-corrected chi connectivity index (χ4v) is 0.823. The molecule has 0 bridgehead atoms. The van der Waals surface area contributed by atoms with Crippen molar-refractivity contribution in [2.24, 2.45) is 0 Å². The van der Waals surface area contributed by atoms with E-state index in [2.05, 4.69) is 0 Å². The van der Waals surface area contributed by atoms with E-state index in [1.54, 1.807) is 12.1 Å². The Balaban J connectivity index is 2.98. The van der Waals surface area contributed by atoms with E-state index in [1.807, 2.05) is 6.92 Å². The predicted molar refractivity (Wildman–Crippen MR) is 40.5 cm³/mol. The number of carbonyl (C=O) groups excluding carboxylic acids is 2. The summed E-state index contributed by atoms with van der Waals surface area (Å²) in [4.78, 5) is 20.9. The average Bonchev–Trinajstić information content (AvgIpc) is 2.04. The summed E-state index contributed by atoms with van der Waals surface area (Å²) in [5.41, 5.74) is 1.13. The van der Waals surface area contributed by atoms with Crippen molar-refractivity contribution in [3.63, 3.8) is 0 Å². The first kappa shape index (κ1) is 8.46. The average molecular weight is 163 g/mol. The highest BCUT2D eigenvalue weighted by molar-refractivity contribution is 6.38. The van der Waals surface area contributed by atoms with E-state index < -0.39 is 11.8 Å². The first-order valence-corrected chi connectivity index (χ1v) is 3.43. The molecule has 0 aliphatic carbocycles. The van der Waals surface area contributed by atoms with Crippen LogP contribution in [0.5, 0.6) is 0 Å². The van der Waals surface area contributed by atoms with Crippen molar-refractivity contribution in [2.75, 3.05) is 0 Å². The molecule has 0 atom stereocenters.